The molecule has 4 aromatic heterocycles. The summed E-state index contributed by atoms with van der Waals surface area (Å²) >= 11 is 0. The second kappa shape index (κ2) is 4.20. The largest absolute Gasteiger partial charge is 0.331 e. The third-order valence-corrected chi connectivity index (χ3v) is 3.09. The minimum atomic E-state index is 0.246. The third kappa shape index (κ3) is 1.78. The Kier molecular flexibility index (Phi) is 2.34. The Hall–Kier alpha value is -3.10. The molecule has 0 aromatic carbocycles. The molecule has 0 spiro atoms. The summed E-state index contributed by atoms with van der Waals surface area (Å²) in [6.07, 6.45) is 5.01. The van der Waals surface area contributed by atoms with Crippen LogP contribution >= 0.6 is 0 Å². The monoisotopic (exact) mass is 282 g/mol. The minimum absolute atomic E-state index is 0.246. The van der Waals surface area contributed by atoms with Gasteiger partial charge in [-0.2, -0.15) is 9.97 Å². The van der Waals surface area contributed by atoms with Crippen LogP contribution in [-0.2, 0) is 7.05 Å². The van der Waals surface area contributed by atoms with Gasteiger partial charge in [0.25, 0.3) is 11.7 Å². The Bertz CT molecular complexity index is 934. The molecule has 0 N–H and O–H groups in total. The Morgan fingerprint density at radius 3 is 2.86 bits per heavy atom. The molecule has 4 aromatic rings. The van der Waals surface area contributed by atoms with E-state index in [1.54, 1.807) is 27.8 Å². The fourth-order valence-electron chi connectivity index (χ4n) is 1.99. The fraction of sp³-hybridized carbons (Fsp3) is 0.167. The van der Waals surface area contributed by atoms with Crippen LogP contribution < -0.4 is 0 Å². The van der Waals surface area contributed by atoms with Crippen molar-refractivity contribution in [2.75, 3.05) is 0 Å². The van der Waals surface area contributed by atoms with Gasteiger partial charge in [0.15, 0.2) is 0 Å². The van der Waals surface area contributed by atoms with E-state index in [2.05, 4.69) is 30.2 Å². The van der Waals surface area contributed by atoms with Crippen molar-refractivity contribution in [1.82, 2.24) is 39.3 Å². The van der Waals surface area contributed by atoms with Crippen LogP contribution in [0.3, 0.4) is 0 Å². The molecule has 0 saturated heterocycles. The molecule has 9 heteroatoms. The molecule has 0 saturated carbocycles. The number of hydrogen-bond donors (Lipinski definition) is 0. The number of aryl methyl sites for hydroxylation is 2. The second-order valence-electron chi connectivity index (χ2n) is 4.55. The molecule has 4 heterocycles. The maximum atomic E-state index is 5.23. The second-order valence-corrected chi connectivity index (χ2v) is 4.55. The van der Waals surface area contributed by atoms with Crippen LogP contribution in [0.15, 0.2) is 29.3 Å². The quantitative estimate of drug-likeness (QED) is 0.538. The summed E-state index contributed by atoms with van der Waals surface area (Å²) in [5, 5.41) is 8.26. The van der Waals surface area contributed by atoms with Crippen molar-refractivity contribution >= 4 is 5.78 Å². The SMILES string of the molecule is Cc1ccnc2nc(-c3nc(-c4cncn4C)no3)nn12. The molecule has 0 aliphatic heterocycles. The van der Waals surface area contributed by atoms with Crippen LogP contribution in [0.5, 0.6) is 0 Å². The van der Waals surface area contributed by atoms with Gasteiger partial charge in [-0.15, -0.1) is 5.10 Å². The molecule has 0 amide bonds. The van der Waals surface area contributed by atoms with E-state index in [9.17, 15) is 0 Å². The van der Waals surface area contributed by atoms with Crippen LogP contribution in [0.2, 0.25) is 0 Å². The lowest BCUT2D eigenvalue weighted by atomic mass is 10.4. The van der Waals surface area contributed by atoms with Crippen LogP contribution in [-0.4, -0.2) is 39.3 Å². The number of hydrogen-bond acceptors (Lipinski definition) is 7. The summed E-state index contributed by atoms with van der Waals surface area (Å²) in [4.78, 5) is 16.8. The van der Waals surface area contributed by atoms with Crippen LogP contribution in [0.1, 0.15) is 5.69 Å². The summed E-state index contributed by atoms with van der Waals surface area (Å²) in [6.45, 7) is 1.92. The highest BCUT2D eigenvalue weighted by molar-refractivity contribution is 5.53. The smallest absolute Gasteiger partial charge is 0.298 e. The molecule has 104 valence electrons. The van der Waals surface area contributed by atoms with E-state index in [-0.39, 0.29) is 5.89 Å². The number of imidazole rings is 1. The average molecular weight is 282 g/mol. The standard InChI is InChI=1S/C12H10N8O/c1-7-3-4-14-12-16-10(17-20(7)12)11-15-9(18-21-11)8-5-13-6-19(8)2/h3-6H,1-2H3. The van der Waals surface area contributed by atoms with Gasteiger partial charge in [0.1, 0.15) is 5.69 Å². The Morgan fingerprint density at radius 2 is 2.10 bits per heavy atom. The van der Waals surface area contributed by atoms with Crippen LogP contribution in [0, 0.1) is 6.92 Å². The maximum absolute atomic E-state index is 5.23. The first-order valence-electron chi connectivity index (χ1n) is 6.21. The summed E-state index contributed by atoms with van der Waals surface area (Å²) < 4.78 is 8.66. The van der Waals surface area contributed by atoms with E-state index in [1.165, 1.54) is 0 Å². The highest BCUT2D eigenvalue weighted by Crippen LogP contribution is 2.19. The van der Waals surface area contributed by atoms with E-state index in [4.69, 9.17) is 4.52 Å². The van der Waals surface area contributed by atoms with Gasteiger partial charge in [-0.3, -0.25) is 0 Å². The van der Waals surface area contributed by atoms with E-state index in [1.807, 2.05) is 20.0 Å². The van der Waals surface area contributed by atoms with Gasteiger partial charge in [-0.25, -0.2) is 14.5 Å². The number of nitrogens with zero attached hydrogens (tertiary/aromatic N) is 8. The molecular weight excluding hydrogens is 272 g/mol. The first-order valence-corrected chi connectivity index (χ1v) is 6.21. The van der Waals surface area contributed by atoms with Crippen molar-refractivity contribution < 1.29 is 4.52 Å². The van der Waals surface area contributed by atoms with E-state index in [0.29, 0.717) is 17.4 Å². The van der Waals surface area contributed by atoms with Crippen LogP contribution in [0.25, 0.3) is 29.0 Å². The van der Waals surface area contributed by atoms with Gasteiger partial charge in [0.2, 0.25) is 11.6 Å². The lowest BCUT2D eigenvalue weighted by Crippen LogP contribution is -1.94. The van der Waals surface area contributed by atoms with Crippen molar-refractivity contribution in [3.63, 3.8) is 0 Å². The molecule has 0 aliphatic rings. The maximum Gasteiger partial charge on any atom is 0.298 e. The van der Waals surface area contributed by atoms with Gasteiger partial charge >= 0.3 is 0 Å². The van der Waals surface area contributed by atoms with Crippen LogP contribution in [0.4, 0.5) is 0 Å². The summed E-state index contributed by atoms with van der Waals surface area (Å²) in [6, 6.07) is 1.85. The first kappa shape index (κ1) is 11.7. The summed E-state index contributed by atoms with van der Waals surface area (Å²) in [7, 11) is 1.86. The van der Waals surface area contributed by atoms with Crippen molar-refractivity contribution in [3.8, 4) is 23.2 Å². The Balaban J connectivity index is 1.81. The van der Waals surface area contributed by atoms with Gasteiger partial charge in [-0.1, -0.05) is 5.16 Å². The molecular formula is C12H10N8O. The number of fused-ring (bicyclic) bond motifs is 1. The molecule has 21 heavy (non-hydrogen) atoms. The van der Waals surface area contributed by atoms with E-state index >= 15 is 0 Å². The van der Waals surface area contributed by atoms with Gasteiger partial charge in [0.05, 0.1) is 12.5 Å². The zero-order valence-corrected chi connectivity index (χ0v) is 11.3. The zero-order valence-electron chi connectivity index (χ0n) is 11.3. The van der Waals surface area contributed by atoms with E-state index in [0.717, 1.165) is 11.4 Å². The number of aromatic nitrogens is 8. The number of rotatable bonds is 2. The Labute approximate surface area is 118 Å². The molecule has 0 aliphatic carbocycles. The molecule has 0 unspecified atom stereocenters. The van der Waals surface area contributed by atoms with Crippen molar-refractivity contribution in [1.29, 1.82) is 0 Å². The lowest BCUT2D eigenvalue weighted by Gasteiger charge is -1.93. The molecule has 0 atom stereocenters. The van der Waals surface area contributed by atoms with Crippen molar-refractivity contribution in [2.24, 2.45) is 7.05 Å². The molecule has 4 rings (SSSR count). The van der Waals surface area contributed by atoms with Crippen molar-refractivity contribution in [3.05, 3.63) is 30.5 Å². The normalized spacial score (nSPS) is 11.3. The summed E-state index contributed by atoms with van der Waals surface area (Å²) in [5.74, 6) is 1.52. The predicted molar refractivity (Wildman–Crippen MR) is 71.0 cm³/mol. The molecule has 0 fully saturated rings. The highest BCUT2D eigenvalue weighted by atomic mass is 16.5. The summed E-state index contributed by atoms with van der Waals surface area (Å²) in [5.41, 5.74) is 1.67. The van der Waals surface area contributed by atoms with Crippen molar-refractivity contribution in [2.45, 2.75) is 6.92 Å². The third-order valence-electron chi connectivity index (χ3n) is 3.09. The topological polar surface area (TPSA) is 99.8 Å². The highest BCUT2D eigenvalue weighted by Gasteiger charge is 2.17. The molecule has 0 radical (unpaired) electrons. The average Bonchev–Trinajstić information content (AvgIpc) is 3.15. The molecule has 9 nitrogen and oxygen atoms in total. The van der Waals surface area contributed by atoms with Gasteiger partial charge in [0, 0.05) is 18.9 Å². The van der Waals surface area contributed by atoms with Gasteiger partial charge in [-0.05, 0) is 13.0 Å². The predicted octanol–water partition coefficient (Wildman–Crippen LogP) is 0.883. The zero-order chi connectivity index (χ0) is 14.4. The first-order chi connectivity index (χ1) is 10.2. The fourth-order valence-corrected chi connectivity index (χ4v) is 1.99. The Morgan fingerprint density at radius 1 is 1.19 bits per heavy atom. The molecule has 0 bridgehead atoms. The van der Waals surface area contributed by atoms with E-state index < -0.39 is 0 Å². The minimum Gasteiger partial charge on any atom is -0.331 e. The lowest BCUT2D eigenvalue weighted by molar-refractivity contribution is 0.429. The van der Waals surface area contributed by atoms with Gasteiger partial charge < -0.3 is 9.09 Å².